The van der Waals surface area contributed by atoms with E-state index in [1.165, 1.54) is 0 Å². The molecule has 1 unspecified atom stereocenters. The molecule has 0 amide bonds. The van der Waals surface area contributed by atoms with Gasteiger partial charge in [0.05, 0.1) is 8.07 Å². The van der Waals surface area contributed by atoms with Crippen LogP contribution in [0.2, 0.25) is 23.7 Å². The van der Waals surface area contributed by atoms with E-state index in [9.17, 15) is 4.79 Å². The van der Waals surface area contributed by atoms with E-state index in [2.05, 4.69) is 39.9 Å². The molecule has 1 aliphatic rings. The minimum absolute atomic E-state index is 0.160. The summed E-state index contributed by atoms with van der Waals surface area (Å²) in [6, 6.07) is 0. The van der Waals surface area contributed by atoms with E-state index in [4.69, 9.17) is 0 Å². The third-order valence-electron chi connectivity index (χ3n) is 3.69. The third-order valence-corrected chi connectivity index (χ3v) is 9.59. The van der Waals surface area contributed by atoms with Crippen molar-refractivity contribution in [3.63, 3.8) is 0 Å². The zero-order chi connectivity index (χ0) is 11.0. The van der Waals surface area contributed by atoms with E-state index in [1.807, 2.05) is 12.2 Å². The Morgan fingerprint density at radius 1 is 1.21 bits per heavy atom. The Labute approximate surface area is 87.9 Å². The van der Waals surface area contributed by atoms with Crippen molar-refractivity contribution in [3.05, 3.63) is 24.3 Å². The summed E-state index contributed by atoms with van der Waals surface area (Å²) in [5.41, 5.74) is 0.160. The van der Waals surface area contributed by atoms with Gasteiger partial charge >= 0.3 is 0 Å². The zero-order valence-corrected chi connectivity index (χ0v) is 10.8. The molecule has 0 aliphatic heterocycles. The van der Waals surface area contributed by atoms with Crippen molar-refractivity contribution >= 4 is 13.9 Å². The Morgan fingerprint density at radius 2 is 1.79 bits per heavy atom. The van der Waals surface area contributed by atoms with Gasteiger partial charge in [-0.1, -0.05) is 52.1 Å². The smallest absolute Gasteiger partial charge is 0.159 e. The SMILES string of the molecule is CC(C)(C)[Si](C)(C)C1C=CC=CC1=O. The molecule has 0 aromatic rings. The Morgan fingerprint density at radius 3 is 2.21 bits per heavy atom. The van der Waals surface area contributed by atoms with Crippen molar-refractivity contribution < 1.29 is 4.79 Å². The highest BCUT2D eigenvalue weighted by molar-refractivity contribution is 6.85. The fourth-order valence-corrected chi connectivity index (χ4v) is 3.92. The summed E-state index contributed by atoms with van der Waals surface area (Å²) in [5, 5.41) is 0.267. The number of hydrogen-bond donors (Lipinski definition) is 0. The van der Waals surface area contributed by atoms with Crippen LogP contribution in [0.15, 0.2) is 24.3 Å². The van der Waals surface area contributed by atoms with Gasteiger partial charge in [0.25, 0.3) is 0 Å². The molecule has 78 valence electrons. The molecule has 14 heavy (non-hydrogen) atoms. The molecule has 2 heteroatoms. The predicted molar refractivity (Wildman–Crippen MR) is 64.2 cm³/mol. The number of hydrogen-bond acceptors (Lipinski definition) is 1. The van der Waals surface area contributed by atoms with Gasteiger partial charge in [0.2, 0.25) is 0 Å². The molecule has 1 rings (SSSR count). The zero-order valence-electron chi connectivity index (χ0n) is 9.79. The van der Waals surface area contributed by atoms with Crippen LogP contribution < -0.4 is 0 Å². The van der Waals surface area contributed by atoms with Crippen molar-refractivity contribution in [3.8, 4) is 0 Å². The molecule has 0 saturated heterocycles. The van der Waals surface area contributed by atoms with Gasteiger partial charge in [0, 0.05) is 5.54 Å². The third kappa shape index (κ3) is 1.90. The number of ketones is 1. The lowest BCUT2D eigenvalue weighted by Gasteiger charge is -2.41. The normalized spacial score (nSPS) is 22.9. The quantitative estimate of drug-likeness (QED) is 0.602. The van der Waals surface area contributed by atoms with Crippen LogP contribution >= 0.6 is 0 Å². The minimum Gasteiger partial charge on any atom is -0.295 e. The molecule has 0 aromatic carbocycles. The van der Waals surface area contributed by atoms with Crippen LogP contribution in [0.4, 0.5) is 0 Å². The Kier molecular flexibility index (Phi) is 2.86. The molecule has 0 N–H and O–H groups in total. The highest BCUT2D eigenvalue weighted by atomic mass is 28.3. The fraction of sp³-hybridized carbons (Fsp3) is 0.583. The summed E-state index contributed by atoms with van der Waals surface area (Å²) in [4.78, 5) is 11.8. The molecule has 1 nitrogen and oxygen atoms in total. The highest BCUT2D eigenvalue weighted by Gasteiger charge is 2.43. The summed E-state index contributed by atoms with van der Waals surface area (Å²) in [7, 11) is -1.55. The summed E-state index contributed by atoms with van der Waals surface area (Å²) in [6.07, 6.45) is 7.64. The fourth-order valence-electron chi connectivity index (χ4n) is 1.59. The first kappa shape index (κ1) is 11.4. The largest absolute Gasteiger partial charge is 0.295 e. The first-order valence-corrected chi connectivity index (χ1v) is 8.23. The van der Waals surface area contributed by atoms with Gasteiger partial charge in [-0.05, 0) is 11.1 Å². The van der Waals surface area contributed by atoms with E-state index in [-0.39, 0.29) is 10.6 Å². The van der Waals surface area contributed by atoms with Crippen LogP contribution in [0.1, 0.15) is 20.8 Å². The Balaban J connectivity index is 2.99. The summed E-state index contributed by atoms with van der Waals surface area (Å²) >= 11 is 0. The van der Waals surface area contributed by atoms with Crippen molar-refractivity contribution in [2.75, 3.05) is 0 Å². The number of carbonyl (C=O) groups is 1. The Bertz CT molecular complexity index is 292. The summed E-state index contributed by atoms with van der Waals surface area (Å²) in [6.45, 7) is 11.4. The topological polar surface area (TPSA) is 17.1 Å². The van der Waals surface area contributed by atoms with E-state index in [0.29, 0.717) is 5.78 Å². The maximum absolute atomic E-state index is 11.8. The number of carbonyl (C=O) groups excluding carboxylic acids is 1. The van der Waals surface area contributed by atoms with Crippen molar-refractivity contribution in [2.24, 2.45) is 0 Å². The highest BCUT2D eigenvalue weighted by Crippen LogP contribution is 2.45. The molecule has 1 aliphatic carbocycles. The van der Waals surface area contributed by atoms with Crippen molar-refractivity contribution in [1.82, 2.24) is 0 Å². The van der Waals surface area contributed by atoms with Gasteiger partial charge in [-0.2, -0.15) is 0 Å². The van der Waals surface area contributed by atoms with Crippen LogP contribution in [0.25, 0.3) is 0 Å². The van der Waals surface area contributed by atoms with E-state index in [0.717, 1.165) is 0 Å². The van der Waals surface area contributed by atoms with Crippen LogP contribution in [0.3, 0.4) is 0 Å². The Hall–Kier alpha value is -0.633. The molecule has 0 spiro atoms. The number of allylic oxidation sites excluding steroid dienone is 4. The molecular formula is C12H20OSi. The van der Waals surface area contributed by atoms with Crippen LogP contribution in [-0.2, 0) is 4.79 Å². The van der Waals surface area contributed by atoms with Gasteiger partial charge in [-0.25, -0.2) is 0 Å². The predicted octanol–water partition coefficient (Wildman–Crippen LogP) is 3.56. The molecule has 0 aromatic heterocycles. The monoisotopic (exact) mass is 208 g/mol. The molecular weight excluding hydrogens is 188 g/mol. The van der Waals surface area contributed by atoms with Crippen molar-refractivity contribution in [2.45, 2.75) is 44.4 Å². The molecule has 0 heterocycles. The van der Waals surface area contributed by atoms with Gasteiger partial charge in [-0.15, -0.1) is 0 Å². The summed E-state index contributed by atoms with van der Waals surface area (Å²) < 4.78 is 0. The second-order valence-electron chi connectivity index (χ2n) is 5.60. The van der Waals surface area contributed by atoms with Gasteiger partial charge < -0.3 is 0 Å². The molecule has 0 radical (unpaired) electrons. The van der Waals surface area contributed by atoms with Crippen LogP contribution in [0.5, 0.6) is 0 Å². The standard InChI is InChI=1S/C12H20OSi/c1-12(2,3)14(4,5)11-9-7-6-8-10(11)13/h6-9,11H,1-5H3. The first-order valence-electron chi connectivity index (χ1n) is 5.15. The second-order valence-corrected chi connectivity index (χ2v) is 11.2. The lowest BCUT2D eigenvalue weighted by atomic mass is 10.2. The molecule has 0 bridgehead atoms. The van der Waals surface area contributed by atoms with Gasteiger partial charge in [0.15, 0.2) is 5.78 Å². The maximum atomic E-state index is 11.8. The number of rotatable bonds is 1. The van der Waals surface area contributed by atoms with E-state index < -0.39 is 8.07 Å². The van der Waals surface area contributed by atoms with E-state index in [1.54, 1.807) is 6.08 Å². The lowest BCUT2D eigenvalue weighted by molar-refractivity contribution is -0.114. The summed E-state index contributed by atoms with van der Waals surface area (Å²) in [5.74, 6) is 0.291. The minimum atomic E-state index is -1.55. The van der Waals surface area contributed by atoms with E-state index >= 15 is 0 Å². The van der Waals surface area contributed by atoms with Crippen molar-refractivity contribution in [1.29, 1.82) is 0 Å². The van der Waals surface area contributed by atoms with Gasteiger partial charge in [0.1, 0.15) is 0 Å². The average Bonchev–Trinajstić information content (AvgIpc) is 2.02. The second kappa shape index (κ2) is 3.50. The average molecular weight is 208 g/mol. The van der Waals surface area contributed by atoms with Crippen LogP contribution in [0, 0.1) is 0 Å². The molecule has 1 atom stereocenters. The maximum Gasteiger partial charge on any atom is 0.159 e. The lowest BCUT2D eigenvalue weighted by Crippen LogP contribution is -2.44. The molecule has 0 fully saturated rings. The van der Waals surface area contributed by atoms with Gasteiger partial charge in [-0.3, -0.25) is 4.79 Å². The van der Waals surface area contributed by atoms with Crippen LogP contribution in [-0.4, -0.2) is 13.9 Å². The first-order chi connectivity index (χ1) is 6.27. The molecule has 0 saturated carbocycles.